The summed E-state index contributed by atoms with van der Waals surface area (Å²) in [5.41, 5.74) is 4.52. The van der Waals surface area contributed by atoms with Crippen LogP contribution < -0.4 is 4.57 Å². The monoisotopic (exact) mass is 358 g/mol. The molecule has 0 N–H and O–H groups in total. The van der Waals surface area contributed by atoms with E-state index in [1.165, 1.54) is 43.2 Å². The second-order valence-electron chi connectivity index (χ2n) is 7.63. The molecule has 3 heteroatoms. The number of aromatic nitrogens is 3. The van der Waals surface area contributed by atoms with Crippen LogP contribution in [0.4, 0.5) is 0 Å². The van der Waals surface area contributed by atoms with Crippen molar-refractivity contribution >= 4 is 59.9 Å². The molecule has 28 heavy (non-hydrogen) atoms. The van der Waals surface area contributed by atoms with Crippen LogP contribution in [0, 0.1) is 0 Å². The number of hydrogen-bond acceptors (Lipinski definition) is 1. The molecule has 0 aliphatic carbocycles. The lowest BCUT2D eigenvalue weighted by Crippen LogP contribution is -2.27. The molecular formula is C25H16N3+. The third kappa shape index (κ3) is 1.61. The lowest BCUT2D eigenvalue weighted by Gasteiger charge is -1.96. The SMILES string of the molecule is C[n+]1c2cc3ccccc3cc2n2nc3c(cc21)c1cccc2cccc3c21. The molecule has 0 amide bonds. The third-order valence-electron chi connectivity index (χ3n) is 6.17. The van der Waals surface area contributed by atoms with E-state index in [2.05, 4.69) is 95.0 Å². The third-order valence-corrected chi connectivity index (χ3v) is 6.17. The molecule has 130 valence electrons. The van der Waals surface area contributed by atoms with Gasteiger partial charge < -0.3 is 0 Å². The summed E-state index contributed by atoms with van der Waals surface area (Å²) in [5, 5.41) is 14.0. The lowest BCUT2D eigenvalue weighted by molar-refractivity contribution is -0.618. The highest BCUT2D eigenvalue weighted by atomic mass is 15.3. The number of fused-ring (bicyclic) bond motifs is 7. The number of hydrogen-bond donors (Lipinski definition) is 0. The molecule has 0 saturated carbocycles. The van der Waals surface area contributed by atoms with Crippen molar-refractivity contribution in [3.63, 3.8) is 0 Å². The van der Waals surface area contributed by atoms with Gasteiger partial charge >= 0.3 is 5.65 Å². The van der Waals surface area contributed by atoms with Crippen LogP contribution in [0.15, 0.2) is 78.9 Å². The highest BCUT2D eigenvalue weighted by Gasteiger charge is 2.22. The van der Waals surface area contributed by atoms with Crippen LogP contribution in [0.2, 0.25) is 0 Å². The number of imidazole rings is 1. The molecule has 0 fully saturated rings. The quantitative estimate of drug-likeness (QED) is 0.334. The van der Waals surface area contributed by atoms with E-state index in [0.29, 0.717) is 0 Å². The Morgan fingerprint density at radius 2 is 1.43 bits per heavy atom. The smallest absolute Gasteiger partial charge is 0.224 e. The predicted octanol–water partition coefficient (Wildman–Crippen LogP) is 5.36. The van der Waals surface area contributed by atoms with Crippen LogP contribution in [0.3, 0.4) is 0 Å². The summed E-state index contributed by atoms with van der Waals surface area (Å²) in [6.45, 7) is 0. The molecule has 7 aromatic rings. The summed E-state index contributed by atoms with van der Waals surface area (Å²) < 4.78 is 4.35. The van der Waals surface area contributed by atoms with E-state index in [1.807, 2.05) is 0 Å². The second-order valence-corrected chi connectivity index (χ2v) is 7.63. The summed E-state index contributed by atoms with van der Waals surface area (Å²) in [5.74, 6) is 0. The van der Waals surface area contributed by atoms with E-state index in [1.54, 1.807) is 0 Å². The molecule has 0 spiro atoms. The molecule has 0 atom stereocenters. The van der Waals surface area contributed by atoms with Crippen LogP contribution in [-0.4, -0.2) is 9.61 Å². The van der Waals surface area contributed by atoms with Crippen molar-refractivity contribution in [2.75, 3.05) is 0 Å². The van der Waals surface area contributed by atoms with Crippen molar-refractivity contribution in [3.05, 3.63) is 78.9 Å². The van der Waals surface area contributed by atoms with Crippen LogP contribution in [-0.2, 0) is 7.05 Å². The Bertz CT molecular complexity index is 1720. The van der Waals surface area contributed by atoms with Crippen LogP contribution in [0.5, 0.6) is 0 Å². The minimum Gasteiger partial charge on any atom is -0.224 e. The van der Waals surface area contributed by atoms with Gasteiger partial charge in [-0.15, -0.1) is 0 Å². The fourth-order valence-corrected chi connectivity index (χ4v) is 4.82. The first-order valence-corrected chi connectivity index (χ1v) is 9.56. The zero-order chi connectivity index (χ0) is 18.4. The molecule has 5 aromatic carbocycles. The first-order chi connectivity index (χ1) is 13.8. The summed E-state index contributed by atoms with van der Waals surface area (Å²) in [4.78, 5) is 0. The average Bonchev–Trinajstić information content (AvgIpc) is 3.20. The molecule has 0 aliphatic heterocycles. The summed E-state index contributed by atoms with van der Waals surface area (Å²) in [6.07, 6.45) is 0. The fraction of sp³-hybridized carbons (Fsp3) is 0.0400. The Kier molecular flexibility index (Phi) is 2.44. The van der Waals surface area contributed by atoms with Gasteiger partial charge in [-0.3, -0.25) is 0 Å². The van der Waals surface area contributed by atoms with E-state index in [-0.39, 0.29) is 0 Å². The average molecular weight is 358 g/mol. The van der Waals surface area contributed by atoms with E-state index in [0.717, 1.165) is 16.7 Å². The van der Waals surface area contributed by atoms with Gasteiger partial charge in [0, 0.05) is 16.8 Å². The van der Waals surface area contributed by atoms with E-state index in [4.69, 9.17) is 5.10 Å². The summed E-state index contributed by atoms with van der Waals surface area (Å²) in [6, 6.07) is 28.4. The molecule has 0 saturated heterocycles. The Balaban J connectivity index is 1.76. The van der Waals surface area contributed by atoms with Gasteiger partial charge in [0.2, 0.25) is 5.52 Å². The standard InChI is InChI=1S/C25H16N3/c1-27-21-12-16-6-2-3-7-17(16)13-22(21)28-23(27)14-20-18-10-4-8-15-9-5-11-19(24(15)18)25(20)26-28/h2-14H,1H3/q+1. The normalized spacial score (nSPS) is 12.5. The molecule has 3 nitrogen and oxygen atoms in total. The van der Waals surface area contributed by atoms with Gasteiger partial charge in [-0.05, 0) is 39.1 Å². The fourth-order valence-electron chi connectivity index (χ4n) is 4.82. The lowest BCUT2D eigenvalue weighted by atomic mass is 10.1. The maximum Gasteiger partial charge on any atom is 0.308 e. The number of nitrogens with zero attached hydrogens (tertiary/aromatic N) is 3. The summed E-state index contributed by atoms with van der Waals surface area (Å²) in [7, 11) is 2.13. The van der Waals surface area contributed by atoms with Gasteiger partial charge in [0.05, 0.1) is 7.05 Å². The molecule has 0 unspecified atom stereocenters. The number of aryl methyl sites for hydroxylation is 1. The molecule has 2 heterocycles. The van der Waals surface area contributed by atoms with Crippen molar-refractivity contribution in [2.24, 2.45) is 7.05 Å². The number of benzene rings is 4. The minimum atomic E-state index is 1.07. The molecule has 0 bridgehead atoms. The Labute approximate surface area is 160 Å². The first-order valence-electron chi connectivity index (χ1n) is 9.56. The topological polar surface area (TPSA) is 21.2 Å². The Morgan fingerprint density at radius 3 is 2.25 bits per heavy atom. The first kappa shape index (κ1) is 14.4. The van der Waals surface area contributed by atoms with Crippen LogP contribution >= 0.6 is 0 Å². The zero-order valence-electron chi connectivity index (χ0n) is 15.3. The minimum absolute atomic E-state index is 1.07. The largest absolute Gasteiger partial charge is 0.308 e. The molecule has 2 aromatic heterocycles. The Morgan fingerprint density at radius 1 is 0.714 bits per heavy atom. The van der Waals surface area contributed by atoms with Gasteiger partial charge in [0.25, 0.3) is 0 Å². The predicted molar refractivity (Wildman–Crippen MR) is 115 cm³/mol. The van der Waals surface area contributed by atoms with Gasteiger partial charge in [0.15, 0.2) is 5.52 Å². The van der Waals surface area contributed by atoms with E-state index < -0.39 is 0 Å². The van der Waals surface area contributed by atoms with Gasteiger partial charge in [-0.1, -0.05) is 70.3 Å². The molecule has 0 aliphatic rings. The molecule has 0 radical (unpaired) electrons. The maximum atomic E-state index is 5.15. The van der Waals surface area contributed by atoms with Gasteiger partial charge in [-0.2, -0.15) is 0 Å². The van der Waals surface area contributed by atoms with Crippen molar-refractivity contribution in [3.8, 4) is 0 Å². The van der Waals surface area contributed by atoms with E-state index in [9.17, 15) is 0 Å². The van der Waals surface area contributed by atoms with Crippen molar-refractivity contribution in [1.82, 2.24) is 9.61 Å². The van der Waals surface area contributed by atoms with E-state index >= 15 is 0 Å². The van der Waals surface area contributed by atoms with Crippen molar-refractivity contribution in [1.29, 1.82) is 0 Å². The van der Waals surface area contributed by atoms with Gasteiger partial charge in [0.1, 0.15) is 5.52 Å². The maximum absolute atomic E-state index is 5.15. The van der Waals surface area contributed by atoms with Crippen LogP contribution in [0.1, 0.15) is 0 Å². The van der Waals surface area contributed by atoms with Crippen molar-refractivity contribution in [2.45, 2.75) is 0 Å². The van der Waals surface area contributed by atoms with Crippen molar-refractivity contribution < 1.29 is 4.57 Å². The molecule has 7 rings (SSSR count). The summed E-state index contributed by atoms with van der Waals surface area (Å²) >= 11 is 0. The molecular weight excluding hydrogens is 342 g/mol. The van der Waals surface area contributed by atoms with Crippen LogP contribution in [0.25, 0.3) is 59.9 Å². The van der Waals surface area contributed by atoms with Gasteiger partial charge in [-0.25, -0.2) is 4.57 Å². The highest BCUT2D eigenvalue weighted by molar-refractivity contribution is 6.29. The zero-order valence-corrected chi connectivity index (χ0v) is 15.3. The highest BCUT2D eigenvalue weighted by Crippen LogP contribution is 2.37. The second kappa shape index (κ2) is 4.76. The Hall–Kier alpha value is -3.72. The number of rotatable bonds is 0.